The third kappa shape index (κ3) is 4.97. The van der Waals surface area contributed by atoms with Crippen molar-refractivity contribution < 1.29 is 4.79 Å². The highest BCUT2D eigenvalue weighted by atomic mass is 35.5. The molecule has 1 aromatic carbocycles. The van der Waals surface area contributed by atoms with Crippen molar-refractivity contribution in [2.24, 2.45) is 0 Å². The predicted molar refractivity (Wildman–Crippen MR) is 100 cm³/mol. The van der Waals surface area contributed by atoms with Gasteiger partial charge in [0.25, 0.3) is 5.91 Å². The van der Waals surface area contributed by atoms with Gasteiger partial charge in [0.15, 0.2) is 0 Å². The molecule has 0 radical (unpaired) electrons. The minimum Gasteiger partial charge on any atom is -0.351 e. The highest BCUT2D eigenvalue weighted by molar-refractivity contribution is 6.31. The first-order valence-electron chi connectivity index (χ1n) is 7.81. The quantitative estimate of drug-likeness (QED) is 0.736. The molecule has 0 bridgehead atoms. The highest BCUT2D eigenvalue weighted by Gasteiger charge is 2.18. The zero-order chi connectivity index (χ0) is 16.8. The number of benzene rings is 1. The summed E-state index contributed by atoms with van der Waals surface area (Å²) < 4.78 is 1.83. The molecule has 2 N–H and O–H groups in total. The Hall–Kier alpha value is -1.56. The van der Waals surface area contributed by atoms with E-state index in [1.165, 1.54) is 0 Å². The van der Waals surface area contributed by atoms with Gasteiger partial charge in [-0.1, -0.05) is 36.7 Å². The van der Waals surface area contributed by atoms with Crippen LogP contribution in [0.2, 0.25) is 5.02 Å². The third-order valence-electron chi connectivity index (χ3n) is 3.72. The molecular formula is C17H24Cl2N4O. The van der Waals surface area contributed by atoms with E-state index in [4.69, 9.17) is 11.6 Å². The second-order valence-electron chi connectivity index (χ2n) is 5.40. The Morgan fingerprint density at radius 2 is 1.96 bits per heavy atom. The van der Waals surface area contributed by atoms with Gasteiger partial charge >= 0.3 is 0 Å². The first kappa shape index (κ1) is 20.5. The summed E-state index contributed by atoms with van der Waals surface area (Å²) in [4.78, 5) is 12.4. The van der Waals surface area contributed by atoms with Crippen LogP contribution in [-0.2, 0) is 6.54 Å². The summed E-state index contributed by atoms with van der Waals surface area (Å²) in [7, 11) is 0. The molecule has 0 aliphatic heterocycles. The molecule has 0 unspecified atom stereocenters. The lowest BCUT2D eigenvalue weighted by Crippen LogP contribution is -2.32. The zero-order valence-electron chi connectivity index (χ0n) is 14.2. The molecule has 0 saturated carbocycles. The second kappa shape index (κ2) is 9.67. The number of nitrogens with one attached hydrogen (secondary N) is 2. The number of hydrogen-bond donors (Lipinski definition) is 2. The van der Waals surface area contributed by atoms with Gasteiger partial charge in [0.05, 0.1) is 17.8 Å². The lowest BCUT2D eigenvalue weighted by molar-refractivity contribution is 0.0952. The highest BCUT2D eigenvalue weighted by Crippen LogP contribution is 2.19. The van der Waals surface area contributed by atoms with Crippen LogP contribution in [0, 0.1) is 13.8 Å². The van der Waals surface area contributed by atoms with E-state index in [9.17, 15) is 4.79 Å². The van der Waals surface area contributed by atoms with E-state index in [1.54, 1.807) is 0 Å². The van der Waals surface area contributed by atoms with E-state index in [0.717, 1.165) is 30.0 Å². The van der Waals surface area contributed by atoms with Crippen molar-refractivity contribution in [1.82, 2.24) is 20.4 Å². The minimum absolute atomic E-state index is 0. The number of aryl methyl sites for hydroxylation is 1. The molecule has 7 heteroatoms. The Bertz CT molecular complexity index is 685. The van der Waals surface area contributed by atoms with Gasteiger partial charge in [-0.05, 0) is 32.0 Å². The number of aromatic nitrogens is 2. The summed E-state index contributed by atoms with van der Waals surface area (Å²) in [5, 5.41) is 11.3. The Morgan fingerprint density at radius 3 is 2.62 bits per heavy atom. The molecule has 0 aliphatic rings. The van der Waals surface area contributed by atoms with E-state index in [1.807, 2.05) is 49.7 Å². The molecule has 0 spiro atoms. The molecule has 24 heavy (non-hydrogen) atoms. The fraction of sp³-hybridized carbons (Fsp3) is 0.412. The monoisotopic (exact) mass is 370 g/mol. The molecule has 2 aromatic rings. The van der Waals surface area contributed by atoms with Crippen molar-refractivity contribution in [3.8, 4) is 0 Å². The van der Waals surface area contributed by atoms with Gasteiger partial charge in [0, 0.05) is 23.8 Å². The summed E-state index contributed by atoms with van der Waals surface area (Å²) in [6.07, 6.45) is 0. The van der Waals surface area contributed by atoms with Gasteiger partial charge in [-0.2, -0.15) is 5.10 Å². The lowest BCUT2D eigenvalue weighted by atomic mass is 10.1. The van der Waals surface area contributed by atoms with E-state index in [0.29, 0.717) is 23.7 Å². The fourth-order valence-electron chi connectivity index (χ4n) is 2.50. The van der Waals surface area contributed by atoms with Crippen LogP contribution in [-0.4, -0.2) is 35.3 Å². The Morgan fingerprint density at radius 1 is 1.25 bits per heavy atom. The standard InChI is InChI=1S/C17H23ClN4O.ClH/c1-4-19-9-10-20-17(23)16-12(2)21-22(13(16)3)11-14-7-5-6-8-15(14)18;/h5-8,19H,4,9-11H2,1-3H3,(H,20,23);1H. The van der Waals surface area contributed by atoms with Gasteiger partial charge in [0.1, 0.15) is 0 Å². The van der Waals surface area contributed by atoms with Crippen LogP contribution in [0.15, 0.2) is 24.3 Å². The van der Waals surface area contributed by atoms with Crippen molar-refractivity contribution in [2.75, 3.05) is 19.6 Å². The van der Waals surface area contributed by atoms with Gasteiger partial charge in [-0.15, -0.1) is 12.4 Å². The number of amides is 1. The SMILES string of the molecule is CCNCCNC(=O)c1c(C)nn(Cc2ccccc2Cl)c1C.Cl. The summed E-state index contributed by atoms with van der Waals surface area (Å²) in [5.74, 6) is -0.0803. The van der Waals surface area contributed by atoms with Crippen LogP contribution in [0.1, 0.15) is 34.2 Å². The maximum absolute atomic E-state index is 12.4. The fourth-order valence-corrected chi connectivity index (χ4v) is 2.69. The van der Waals surface area contributed by atoms with E-state index < -0.39 is 0 Å². The predicted octanol–water partition coefficient (Wildman–Crippen LogP) is 2.96. The third-order valence-corrected chi connectivity index (χ3v) is 4.09. The molecule has 0 atom stereocenters. The molecule has 132 valence electrons. The van der Waals surface area contributed by atoms with Crippen molar-refractivity contribution in [3.63, 3.8) is 0 Å². The average Bonchev–Trinajstić information content (AvgIpc) is 2.80. The van der Waals surface area contributed by atoms with Gasteiger partial charge < -0.3 is 10.6 Å². The Balaban J connectivity index is 0.00000288. The molecule has 1 heterocycles. The first-order chi connectivity index (χ1) is 11.0. The minimum atomic E-state index is -0.0803. The molecule has 1 amide bonds. The average molecular weight is 371 g/mol. The second-order valence-corrected chi connectivity index (χ2v) is 5.81. The van der Waals surface area contributed by atoms with E-state index in [-0.39, 0.29) is 18.3 Å². The zero-order valence-corrected chi connectivity index (χ0v) is 15.8. The van der Waals surface area contributed by atoms with E-state index in [2.05, 4.69) is 15.7 Å². The molecular weight excluding hydrogens is 347 g/mol. The number of carbonyl (C=O) groups is 1. The Labute approximate surface area is 154 Å². The number of hydrogen-bond acceptors (Lipinski definition) is 3. The van der Waals surface area contributed by atoms with Gasteiger partial charge in [0.2, 0.25) is 0 Å². The first-order valence-corrected chi connectivity index (χ1v) is 8.18. The van der Waals surface area contributed by atoms with Gasteiger partial charge in [-0.25, -0.2) is 0 Å². The van der Waals surface area contributed by atoms with Crippen LogP contribution in [0.25, 0.3) is 0 Å². The van der Waals surface area contributed by atoms with Crippen LogP contribution >= 0.6 is 24.0 Å². The van der Waals surface area contributed by atoms with Gasteiger partial charge in [-0.3, -0.25) is 9.48 Å². The lowest BCUT2D eigenvalue weighted by Gasteiger charge is -2.08. The molecule has 1 aromatic heterocycles. The van der Waals surface area contributed by atoms with Crippen LogP contribution in [0.3, 0.4) is 0 Å². The molecule has 0 fully saturated rings. The number of halogens is 2. The van der Waals surface area contributed by atoms with Crippen molar-refractivity contribution in [2.45, 2.75) is 27.3 Å². The molecule has 0 saturated heterocycles. The summed E-state index contributed by atoms with van der Waals surface area (Å²) >= 11 is 6.21. The number of nitrogens with zero attached hydrogens (tertiary/aromatic N) is 2. The van der Waals surface area contributed by atoms with Crippen LogP contribution in [0.5, 0.6) is 0 Å². The summed E-state index contributed by atoms with van der Waals surface area (Å²) in [5.41, 5.74) is 3.21. The maximum atomic E-state index is 12.4. The van der Waals surface area contributed by atoms with E-state index >= 15 is 0 Å². The van der Waals surface area contributed by atoms with Crippen molar-refractivity contribution in [3.05, 3.63) is 51.8 Å². The molecule has 2 rings (SSSR count). The van der Waals surface area contributed by atoms with Crippen molar-refractivity contribution >= 4 is 29.9 Å². The topological polar surface area (TPSA) is 58.9 Å². The maximum Gasteiger partial charge on any atom is 0.255 e. The summed E-state index contributed by atoms with van der Waals surface area (Å²) in [6.45, 7) is 8.61. The number of rotatable bonds is 7. The molecule has 5 nitrogen and oxygen atoms in total. The van der Waals surface area contributed by atoms with Crippen LogP contribution < -0.4 is 10.6 Å². The molecule has 0 aliphatic carbocycles. The summed E-state index contributed by atoms with van der Waals surface area (Å²) in [6, 6.07) is 7.67. The largest absolute Gasteiger partial charge is 0.351 e. The normalized spacial score (nSPS) is 10.3. The number of carbonyl (C=O) groups excluding carboxylic acids is 1. The van der Waals surface area contributed by atoms with Crippen molar-refractivity contribution in [1.29, 1.82) is 0 Å². The Kier molecular flexibility index (Phi) is 8.25. The number of likely N-dealkylation sites (N-methyl/N-ethyl adjacent to an activating group) is 1. The smallest absolute Gasteiger partial charge is 0.255 e. The van der Waals surface area contributed by atoms with Crippen LogP contribution in [0.4, 0.5) is 0 Å².